The molecule has 2 rings (SSSR count). The van der Waals surface area contributed by atoms with Crippen molar-refractivity contribution in [3.63, 3.8) is 0 Å². The minimum atomic E-state index is -0.392. The molecule has 0 radical (unpaired) electrons. The Hall–Kier alpha value is -2.29. The Bertz CT molecular complexity index is 630. The molecular formula is C18H22N2O. The summed E-state index contributed by atoms with van der Waals surface area (Å²) in [5.74, 6) is 0.00581. The molecule has 0 fully saturated rings. The van der Waals surface area contributed by atoms with E-state index < -0.39 is 5.54 Å². The van der Waals surface area contributed by atoms with Crippen LogP contribution < -0.4 is 11.1 Å². The zero-order valence-corrected chi connectivity index (χ0v) is 12.8. The minimum Gasteiger partial charge on any atom is -0.399 e. The maximum Gasteiger partial charge on any atom is 0.225 e. The fourth-order valence-electron chi connectivity index (χ4n) is 2.32. The highest BCUT2D eigenvalue weighted by molar-refractivity contribution is 5.79. The zero-order chi connectivity index (χ0) is 15.5. The Balaban J connectivity index is 2.05. The van der Waals surface area contributed by atoms with Crippen LogP contribution in [0.1, 0.15) is 30.5 Å². The Kier molecular flexibility index (Phi) is 4.32. The molecule has 2 aromatic carbocycles. The third-order valence-electron chi connectivity index (χ3n) is 3.54. The number of nitrogen functional groups attached to an aromatic ring is 1. The van der Waals surface area contributed by atoms with Crippen LogP contribution >= 0.6 is 0 Å². The predicted molar refractivity (Wildman–Crippen MR) is 86.9 cm³/mol. The van der Waals surface area contributed by atoms with Crippen LogP contribution in [0.3, 0.4) is 0 Å². The van der Waals surface area contributed by atoms with Gasteiger partial charge >= 0.3 is 0 Å². The number of carbonyl (C=O) groups is 1. The summed E-state index contributed by atoms with van der Waals surface area (Å²) in [5, 5.41) is 3.09. The first kappa shape index (κ1) is 15.1. The lowest BCUT2D eigenvalue weighted by atomic mass is 9.92. The van der Waals surface area contributed by atoms with Crippen molar-refractivity contribution < 1.29 is 4.79 Å². The third kappa shape index (κ3) is 4.09. The summed E-state index contributed by atoms with van der Waals surface area (Å²) in [6, 6.07) is 15.6. The molecule has 0 aliphatic carbocycles. The molecule has 0 aliphatic rings. The van der Waals surface area contributed by atoms with Crippen molar-refractivity contribution in [3.05, 3.63) is 65.2 Å². The van der Waals surface area contributed by atoms with Gasteiger partial charge in [0.15, 0.2) is 0 Å². The molecule has 0 unspecified atom stereocenters. The topological polar surface area (TPSA) is 55.1 Å². The van der Waals surface area contributed by atoms with E-state index in [2.05, 4.69) is 24.4 Å². The fraction of sp³-hybridized carbons (Fsp3) is 0.278. The van der Waals surface area contributed by atoms with Crippen molar-refractivity contribution >= 4 is 11.6 Å². The number of benzene rings is 2. The summed E-state index contributed by atoms with van der Waals surface area (Å²) in [6.45, 7) is 6.08. The quantitative estimate of drug-likeness (QED) is 0.846. The molecule has 110 valence electrons. The molecule has 0 atom stereocenters. The summed E-state index contributed by atoms with van der Waals surface area (Å²) in [7, 11) is 0. The Labute approximate surface area is 126 Å². The van der Waals surface area contributed by atoms with Crippen molar-refractivity contribution in [2.45, 2.75) is 32.7 Å². The second kappa shape index (κ2) is 6.00. The largest absolute Gasteiger partial charge is 0.399 e. The molecule has 0 saturated carbocycles. The SMILES string of the molecule is Cc1cccc(C(C)(C)NC(=O)Cc2ccc(N)cc2)c1. The highest BCUT2D eigenvalue weighted by Crippen LogP contribution is 2.21. The van der Waals surface area contributed by atoms with Crippen LogP contribution in [0.5, 0.6) is 0 Å². The monoisotopic (exact) mass is 282 g/mol. The average molecular weight is 282 g/mol. The summed E-state index contributed by atoms with van der Waals surface area (Å²) >= 11 is 0. The molecule has 3 N–H and O–H groups in total. The van der Waals surface area contributed by atoms with Gasteiger partial charge in [-0.25, -0.2) is 0 Å². The highest BCUT2D eigenvalue weighted by atomic mass is 16.1. The van der Waals surface area contributed by atoms with Crippen LogP contribution in [0.2, 0.25) is 0 Å². The lowest BCUT2D eigenvalue weighted by Gasteiger charge is -2.27. The molecule has 0 aliphatic heterocycles. The fourth-order valence-corrected chi connectivity index (χ4v) is 2.32. The molecule has 3 heteroatoms. The predicted octanol–water partition coefficient (Wildman–Crippen LogP) is 3.17. The van der Waals surface area contributed by atoms with Gasteiger partial charge in [-0.2, -0.15) is 0 Å². The summed E-state index contributed by atoms with van der Waals surface area (Å²) in [4.78, 5) is 12.2. The second-order valence-electron chi connectivity index (χ2n) is 5.96. The standard InChI is InChI=1S/C18H22N2O/c1-13-5-4-6-15(11-13)18(2,3)20-17(21)12-14-7-9-16(19)10-8-14/h4-11H,12,19H2,1-3H3,(H,20,21). The normalized spacial score (nSPS) is 11.2. The second-order valence-corrected chi connectivity index (χ2v) is 5.96. The average Bonchev–Trinajstić information content (AvgIpc) is 2.41. The lowest BCUT2D eigenvalue weighted by Crippen LogP contribution is -2.41. The van der Waals surface area contributed by atoms with Gasteiger partial charge in [-0.15, -0.1) is 0 Å². The first-order valence-electron chi connectivity index (χ1n) is 7.09. The first-order valence-corrected chi connectivity index (χ1v) is 7.09. The maximum atomic E-state index is 12.2. The van der Waals surface area contributed by atoms with Gasteiger partial charge in [-0.1, -0.05) is 42.0 Å². The number of carbonyl (C=O) groups excluding carboxylic acids is 1. The highest BCUT2D eigenvalue weighted by Gasteiger charge is 2.22. The van der Waals surface area contributed by atoms with Gasteiger partial charge < -0.3 is 11.1 Å². The van der Waals surface area contributed by atoms with E-state index in [4.69, 9.17) is 5.73 Å². The Morgan fingerprint density at radius 1 is 1.14 bits per heavy atom. The lowest BCUT2D eigenvalue weighted by molar-refractivity contribution is -0.122. The van der Waals surface area contributed by atoms with E-state index in [1.165, 1.54) is 5.56 Å². The number of aryl methyl sites for hydroxylation is 1. The third-order valence-corrected chi connectivity index (χ3v) is 3.54. The molecule has 1 amide bonds. The van der Waals surface area contributed by atoms with E-state index >= 15 is 0 Å². The van der Waals surface area contributed by atoms with Crippen LogP contribution in [-0.4, -0.2) is 5.91 Å². The van der Waals surface area contributed by atoms with Gasteiger partial charge in [-0.3, -0.25) is 4.79 Å². The summed E-state index contributed by atoms with van der Waals surface area (Å²) < 4.78 is 0. The van der Waals surface area contributed by atoms with Crippen LogP contribution in [0.25, 0.3) is 0 Å². The van der Waals surface area contributed by atoms with Crippen LogP contribution in [0.15, 0.2) is 48.5 Å². The molecule has 3 nitrogen and oxygen atoms in total. The van der Waals surface area contributed by atoms with E-state index in [0.717, 1.165) is 11.1 Å². The Morgan fingerprint density at radius 3 is 2.43 bits per heavy atom. The van der Waals surface area contributed by atoms with E-state index in [1.807, 2.05) is 50.2 Å². The van der Waals surface area contributed by atoms with Gasteiger partial charge in [0.2, 0.25) is 5.91 Å². The molecule has 21 heavy (non-hydrogen) atoms. The smallest absolute Gasteiger partial charge is 0.225 e. The molecule has 0 aromatic heterocycles. The molecule has 0 bridgehead atoms. The van der Waals surface area contributed by atoms with E-state index in [-0.39, 0.29) is 5.91 Å². The number of nitrogens with one attached hydrogen (secondary N) is 1. The van der Waals surface area contributed by atoms with Crippen molar-refractivity contribution in [2.75, 3.05) is 5.73 Å². The zero-order valence-electron chi connectivity index (χ0n) is 12.8. The van der Waals surface area contributed by atoms with Crippen LogP contribution in [0.4, 0.5) is 5.69 Å². The summed E-state index contributed by atoms with van der Waals surface area (Å²) in [5.41, 5.74) is 9.22. The Morgan fingerprint density at radius 2 is 1.81 bits per heavy atom. The molecular weight excluding hydrogens is 260 g/mol. The first-order chi connectivity index (χ1) is 9.87. The number of nitrogens with two attached hydrogens (primary N) is 1. The van der Waals surface area contributed by atoms with Gasteiger partial charge in [0.05, 0.1) is 12.0 Å². The molecule has 0 saturated heterocycles. The number of hydrogen-bond acceptors (Lipinski definition) is 2. The van der Waals surface area contributed by atoms with Gasteiger partial charge in [0.25, 0.3) is 0 Å². The van der Waals surface area contributed by atoms with E-state index in [1.54, 1.807) is 0 Å². The number of anilines is 1. The van der Waals surface area contributed by atoms with E-state index in [9.17, 15) is 4.79 Å². The molecule has 2 aromatic rings. The van der Waals surface area contributed by atoms with E-state index in [0.29, 0.717) is 12.1 Å². The molecule has 0 heterocycles. The number of hydrogen-bond donors (Lipinski definition) is 2. The number of amides is 1. The van der Waals surface area contributed by atoms with Gasteiger partial charge in [0, 0.05) is 5.69 Å². The van der Waals surface area contributed by atoms with Crippen molar-refractivity contribution in [1.82, 2.24) is 5.32 Å². The summed E-state index contributed by atoms with van der Waals surface area (Å²) in [6.07, 6.45) is 0.357. The van der Waals surface area contributed by atoms with Crippen molar-refractivity contribution in [1.29, 1.82) is 0 Å². The molecule has 0 spiro atoms. The van der Waals surface area contributed by atoms with Crippen LogP contribution in [0, 0.1) is 6.92 Å². The van der Waals surface area contributed by atoms with Gasteiger partial charge in [-0.05, 0) is 44.0 Å². The van der Waals surface area contributed by atoms with Crippen LogP contribution in [-0.2, 0) is 16.8 Å². The van der Waals surface area contributed by atoms with Crippen molar-refractivity contribution in [3.8, 4) is 0 Å². The van der Waals surface area contributed by atoms with Crippen molar-refractivity contribution in [2.24, 2.45) is 0 Å². The maximum absolute atomic E-state index is 12.2. The van der Waals surface area contributed by atoms with Gasteiger partial charge in [0.1, 0.15) is 0 Å². The number of rotatable bonds is 4. The minimum absolute atomic E-state index is 0.00581.